The summed E-state index contributed by atoms with van der Waals surface area (Å²) in [4.78, 5) is 0. The highest BCUT2D eigenvalue weighted by atomic mass is 28.3. The van der Waals surface area contributed by atoms with Crippen LogP contribution in [0.1, 0.15) is 0 Å². The molecule has 0 fully saturated rings. The molecular formula is C12H20O3Si. The van der Waals surface area contributed by atoms with E-state index in [9.17, 15) is 0 Å². The molecule has 1 aromatic carbocycles. The second kappa shape index (κ2) is 4.78. The smallest absolute Gasteiger partial charge is 0.203 e. The van der Waals surface area contributed by atoms with Gasteiger partial charge in [0, 0.05) is 0 Å². The van der Waals surface area contributed by atoms with Crippen LogP contribution in [0, 0.1) is 0 Å². The summed E-state index contributed by atoms with van der Waals surface area (Å²) in [6.07, 6.45) is 0. The van der Waals surface area contributed by atoms with Crippen LogP contribution in [-0.2, 0) is 0 Å². The lowest BCUT2D eigenvalue weighted by atomic mass is 10.3. The summed E-state index contributed by atoms with van der Waals surface area (Å²) in [6.45, 7) is 6.86. The van der Waals surface area contributed by atoms with Gasteiger partial charge in [0.1, 0.15) is 0 Å². The Hall–Kier alpha value is -1.16. The van der Waals surface area contributed by atoms with Gasteiger partial charge >= 0.3 is 0 Å². The predicted octanol–water partition coefficient (Wildman–Crippen LogP) is 2.26. The molecule has 0 atom stereocenters. The van der Waals surface area contributed by atoms with Crippen LogP contribution in [0.3, 0.4) is 0 Å². The van der Waals surface area contributed by atoms with Crippen LogP contribution in [-0.4, -0.2) is 29.4 Å². The molecule has 0 aromatic heterocycles. The van der Waals surface area contributed by atoms with Gasteiger partial charge in [-0.05, 0) is 12.1 Å². The van der Waals surface area contributed by atoms with E-state index in [-0.39, 0.29) is 0 Å². The minimum Gasteiger partial charge on any atom is -0.493 e. The maximum atomic E-state index is 5.33. The Morgan fingerprint density at radius 3 is 1.50 bits per heavy atom. The first kappa shape index (κ1) is 12.9. The summed E-state index contributed by atoms with van der Waals surface area (Å²) in [5.41, 5.74) is 0. The first-order chi connectivity index (χ1) is 7.43. The van der Waals surface area contributed by atoms with Crippen LogP contribution in [0.5, 0.6) is 17.2 Å². The van der Waals surface area contributed by atoms with E-state index in [0.29, 0.717) is 5.75 Å². The number of methoxy groups -OCH3 is 3. The van der Waals surface area contributed by atoms with Crippen LogP contribution >= 0.6 is 0 Å². The highest BCUT2D eigenvalue weighted by Gasteiger charge is 2.21. The third-order valence-corrected chi connectivity index (χ3v) is 4.55. The number of rotatable bonds is 4. The van der Waals surface area contributed by atoms with Crippen molar-refractivity contribution in [3.63, 3.8) is 0 Å². The third kappa shape index (κ3) is 2.50. The zero-order valence-electron chi connectivity index (χ0n) is 10.9. The highest BCUT2D eigenvalue weighted by molar-refractivity contribution is 6.88. The number of ether oxygens (including phenoxy) is 3. The normalized spacial score (nSPS) is 11.1. The first-order valence-corrected chi connectivity index (χ1v) is 8.74. The maximum Gasteiger partial charge on any atom is 0.203 e. The van der Waals surface area contributed by atoms with Gasteiger partial charge in [-0.25, -0.2) is 0 Å². The van der Waals surface area contributed by atoms with Gasteiger partial charge in [-0.3, -0.25) is 0 Å². The van der Waals surface area contributed by atoms with Crippen LogP contribution < -0.4 is 19.4 Å². The van der Waals surface area contributed by atoms with Crippen molar-refractivity contribution in [2.24, 2.45) is 0 Å². The van der Waals surface area contributed by atoms with E-state index in [2.05, 4.69) is 19.6 Å². The van der Waals surface area contributed by atoms with Gasteiger partial charge in [0.2, 0.25) is 5.75 Å². The minimum absolute atomic E-state index is 0.659. The van der Waals surface area contributed by atoms with E-state index in [1.165, 1.54) is 5.19 Å². The molecule has 0 aliphatic heterocycles. The van der Waals surface area contributed by atoms with E-state index in [4.69, 9.17) is 14.2 Å². The second-order valence-corrected chi connectivity index (χ2v) is 9.74. The molecule has 0 radical (unpaired) electrons. The average molecular weight is 240 g/mol. The van der Waals surface area contributed by atoms with Crippen molar-refractivity contribution >= 4 is 13.3 Å². The molecule has 0 unspecified atom stereocenters. The number of hydrogen-bond donors (Lipinski definition) is 0. The van der Waals surface area contributed by atoms with Crippen LogP contribution in [0.2, 0.25) is 19.6 Å². The van der Waals surface area contributed by atoms with Crippen LogP contribution in [0.15, 0.2) is 12.1 Å². The molecule has 1 rings (SSSR count). The Kier molecular flexibility index (Phi) is 3.86. The van der Waals surface area contributed by atoms with E-state index >= 15 is 0 Å². The maximum absolute atomic E-state index is 5.33. The molecule has 0 bridgehead atoms. The molecule has 0 amide bonds. The summed E-state index contributed by atoms with van der Waals surface area (Å²) in [5, 5.41) is 1.29. The van der Waals surface area contributed by atoms with E-state index in [0.717, 1.165) is 11.5 Å². The molecule has 16 heavy (non-hydrogen) atoms. The Bertz CT molecular complexity index is 344. The van der Waals surface area contributed by atoms with Gasteiger partial charge in [-0.15, -0.1) is 0 Å². The SMILES string of the molecule is COc1cc([Si](C)(C)C)cc(OC)c1OC. The summed E-state index contributed by atoms with van der Waals surface area (Å²) >= 11 is 0. The minimum atomic E-state index is -1.38. The van der Waals surface area contributed by atoms with Crippen molar-refractivity contribution in [1.29, 1.82) is 0 Å². The monoisotopic (exact) mass is 240 g/mol. The summed E-state index contributed by atoms with van der Waals surface area (Å²) in [5.74, 6) is 2.13. The van der Waals surface area contributed by atoms with E-state index in [1.807, 2.05) is 12.1 Å². The molecule has 3 nitrogen and oxygen atoms in total. The topological polar surface area (TPSA) is 27.7 Å². The fourth-order valence-electron chi connectivity index (χ4n) is 1.51. The van der Waals surface area contributed by atoms with Crippen molar-refractivity contribution in [2.45, 2.75) is 19.6 Å². The van der Waals surface area contributed by atoms with Crippen LogP contribution in [0.4, 0.5) is 0 Å². The van der Waals surface area contributed by atoms with Gasteiger partial charge in [-0.1, -0.05) is 24.8 Å². The molecule has 0 N–H and O–H groups in total. The Labute approximate surface area is 98.3 Å². The van der Waals surface area contributed by atoms with Gasteiger partial charge in [0.25, 0.3) is 0 Å². The molecule has 1 aromatic rings. The number of hydrogen-bond acceptors (Lipinski definition) is 3. The molecule has 4 heteroatoms. The zero-order chi connectivity index (χ0) is 12.3. The van der Waals surface area contributed by atoms with Gasteiger partial charge in [0.05, 0.1) is 29.4 Å². The molecule has 0 saturated heterocycles. The number of benzene rings is 1. The Balaban J connectivity index is 3.37. The zero-order valence-corrected chi connectivity index (χ0v) is 11.9. The van der Waals surface area contributed by atoms with Gasteiger partial charge < -0.3 is 14.2 Å². The van der Waals surface area contributed by atoms with Crippen molar-refractivity contribution in [2.75, 3.05) is 21.3 Å². The van der Waals surface area contributed by atoms with Crippen molar-refractivity contribution in [3.8, 4) is 17.2 Å². The largest absolute Gasteiger partial charge is 0.493 e. The molecule has 0 aliphatic rings. The standard InChI is InChI=1S/C12H20O3Si/c1-13-10-7-9(16(4,5)6)8-11(14-2)12(10)15-3/h7-8H,1-6H3. The average Bonchev–Trinajstić information content (AvgIpc) is 2.25. The molecule has 90 valence electrons. The lowest BCUT2D eigenvalue weighted by Gasteiger charge is -2.20. The lowest BCUT2D eigenvalue weighted by molar-refractivity contribution is 0.325. The molecule has 0 saturated carbocycles. The van der Waals surface area contributed by atoms with Gasteiger partial charge in [0.15, 0.2) is 11.5 Å². The van der Waals surface area contributed by atoms with E-state index in [1.54, 1.807) is 21.3 Å². The molecule has 0 spiro atoms. The quantitative estimate of drug-likeness (QED) is 0.756. The second-order valence-electron chi connectivity index (χ2n) is 4.66. The van der Waals surface area contributed by atoms with Gasteiger partial charge in [-0.2, -0.15) is 0 Å². The molecule has 0 heterocycles. The molecule has 0 aliphatic carbocycles. The van der Waals surface area contributed by atoms with Crippen molar-refractivity contribution in [3.05, 3.63) is 12.1 Å². The van der Waals surface area contributed by atoms with Crippen molar-refractivity contribution in [1.82, 2.24) is 0 Å². The van der Waals surface area contributed by atoms with Crippen molar-refractivity contribution < 1.29 is 14.2 Å². The summed E-state index contributed by atoms with van der Waals surface area (Å²) < 4.78 is 16.0. The Morgan fingerprint density at radius 2 is 1.25 bits per heavy atom. The third-order valence-electron chi connectivity index (χ3n) is 2.53. The molecular weight excluding hydrogens is 220 g/mol. The highest BCUT2D eigenvalue weighted by Crippen LogP contribution is 2.36. The fourth-order valence-corrected chi connectivity index (χ4v) is 2.64. The Morgan fingerprint density at radius 1 is 0.812 bits per heavy atom. The fraction of sp³-hybridized carbons (Fsp3) is 0.500. The predicted molar refractivity (Wildman–Crippen MR) is 69.1 cm³/mol. The van der Waals surface area contributed by atoms with E-state index < -0.39 is 8.07 Å². The van der Waals surface area contributed by atoms with Crippen LogP contribution in [0.25, 0.3) is 0 Å². The summed E-state index contributed by atoms with van der Waals surface area (Å²) in [7, 11) is 3.53. The summed E-state index contributed by atoms with van der Waals surface area (Å²) in [6, 6.07) is 4.10. The lowest BCUT2D eigenvalue weighted by Crippen LogP contribution is -2.37. The first-order valence-electron chi connectivity index (χ1n) is 5.24.